The quantitative estimate of drug-likeness (QED) is 0.577. The molecule has 1 aliphatic rings. The number of nitrogens with one attached hydrogen (secondary N) is 2. The molecule has 2 aromatic rings. The molecule has 2 N–H and O–H groups in total. The zero-order chi connectivity index (χ0) is 19.1. The third-order valence-corrected chi connectivity index (χ3v) is 4.12. The summed E-state index contributed by atoms with van der Waals surface area (Å²) in [6.45, 7) is 3.71. The smallest absolute Gasteiger partial charge is 0.231 e. The maximum Gasteiger partial charge on any atom is 0.231 e. The lowest BCUT2D eigenvalue weighted by molar-refractivity contribution is 0.174. The topological polar surface area (TPSA) is 64.1 Å². The Kier molecular flexibility index (Phi) is 6.35. The van der Waals surface area contributed by atoms with Gasteiger partial charge in [0.2, 0.25) is 6.79 Å². The van der Waals surface area contributed by atoms with Crippen molar-refractivity contribution in [2.45, 2.75) is 19.9 Å². The van der Waals surface area contributed by atoms with E-state index in [4.69, 9.17) is 14.2 Å². The van der Waals surface area contributed by atoms with Crippen LogP contribution in [-0.2, 0) is 13.0 Å². The maximum absolute atomic E-state index is 13.9. The van der Waals surface area contributed by atoms with Crippen molar-refractivity contribution < 1.29 is 18.6 Å². The summed E-state index contributed by atoms with van der Waals surface area (Å²) in [5.41, 5.74) is 1.96. The lowest BCUT2D eigenvalue weighted by Gasteiger charge is -2.13. The SMILES string of the molecule is CCOc1ccc(CNC(=NC)NCCc2ccc3c(c2)OCO3)cc1F. The van der Waals surface area contributed by atoms with Crippen LogP contribution in [0.3, 0.4) is 0 Å². The van der Waals surface area contributed by atoms with E-state index in [9.17, 15) is 4.39 Å². The molecule has 0 radical (unpaired) electrons. The van der Waals surface area contributed by atoms with Crippen LogP contribution in [0.15, 0.2) is 41.4 Å². The summed E-state index contributed by atoms with van der Waals surface area (Å²) in [7, 11) is 1.70. The van der Waals surface area contributed by atoms with Gasteiger partial charge in [0, 0.05) is 20.1 Å². The van der Waals surface area contributed by atoms with Gasteiger partial charge in [-0.05, 0) is 48.7 Å². The van der Waals surface area contributed by atoms with Gasteiger partial charge in [-0.2, -0.15) is 0 Å². The summed E-state index contributed by atoms with van der Waals surface area (Å²) in [5.74, 6) is 2.14. The largest absolute Gasteiger partial charge is 0.491 e. The highest BCUT2D eigenvalue weighted by molar-refractivity contribution is 5.79. The van der Waals surface area contributed by atoms with Crippen LogP contribution in [0.5, 0.6) is 17.2 Å². The second kappa shape index (κ2) is 9.12. The summed E-state index contributed by atoms with van der Waals surface area (Å²) in [4.78, 5) is 4.19. The van der Waals surface area contributed by atoms with E-state index in [2.05, 4.69) is 15.6 Å². The standard InChI is InChI=1S/C20H24FN3O3/c1-3-25-17-6-5-15(10-16(17)21)12-24-20(22-2)23-9-8-14-4-7-18-19(11-14)27-13-26-18/h4-7,10-11H,3,8-9,12-13H2,1-2H3,(H2,22,23,24). The van der Waals surface area contributed by atoms with Gasteiger partial charge in [0.05, 0.1) is 6.61 Å². The highest BCUT2D eigenvalue weighted by Crippen LogP contribution is 2.32. The number of benzene rings is 2. The molecular weight excluding hydrogens is 349 g/mol. The van der Waals surface area contributed by atoms with Crippen molar-refractivity contribution in [2.24, 2.45) is 4.99 Å². The van der Waals surface area contributed by atoms with Gasteiger partial charge >= 0.3 is 0 Å². The van der Waals surface area contributed by atoms with Gasteiger partial charge in [-0.1, -0.05) is 12.1 Å². The summed E-state index contributed by atoms with van der Waals surface area (Å²) >= 11 is 0. The predicted molar refractivity (Wildman–Crippen MR) is 102 cm³/mol. The van der Waals surface area contributed by atoms with Crippen molar-refractivity contribution in [2.75, 3.05) is 27.0 Å². The average molecular weight is 373 g/mol. The van der Waals surface area contributed by atoms with Crippen molar-refractivity contribution in [3.05, 3.63) is 53.3 Å². The summed E-state index contributed by atoms with van der Waals surface area (Å²) in [5, 5.41) is 6.43. The molecule has 0 atom stereocenters. The zero-order valence-electron chi connectivity index (χ0n) is 15.5. The average Bonchev–Trinajstić information content (AvgIpc) is 3.14. The van der Waals surface area contributed by atoms with E-state index in [1.54, 1.807) is 13.1 Å². The number of hydrogen-bond acceptors (Lipinski definition) is 4. The second-order valence-corrected chi connectivity index (χ2v) is 5.99. The summed E-state index contributed by atoms with van der Waals surface area (Å²) in [6, 6.07) is 10.9. The fourth-order valence-electron chi connectivity index (χ4n) is 2.75. The van der Waals surface area contributed by atoms with Crippen LogP contribution in [0.25, 0.3) is 0 Å². The van der Waals surface area contributed by atoms with Gasteiger partial charge in [-0.15, -0.1) is 0 Å². The summed E-state index contributed by atoms with van der Waals surface area (Å²) in [6.07, 6.45) is 0.815. The Bertz CT molecular complexity index is 811. The van der Waals surface area contributed by atoms with E-state index in [-0.39, 0.29) is 18.4 Å². The van der Waals surface area contributed by atoms with Crippen molar-refractivity contribution >= 4 is 5.96 Å². The van der Waals surface area contributed by atoms with E-state index in [1.165, 1.54) is 6.07 Å². The van der Waals surface area contributed by atoms with Crippen molar-refractivity contribution in [3.8, 4) is 17.2 Å². The number of halogens is 1. The first-order chi connectivity index (χ1) is 13.2. The molecule has 27 heavy (non-hydrogen) atoms. The zero-order valence-corrected chi connectivity index (χ0v) is 15.5. The monoisotopic (exact) mass is 373 g/mol. The number of rotatable bonds is 7. The first kappa shape index (κ1) is 18.8. The van der Waals surface area contributed by atoms with Gasteiger partial charge < -0.3 is 24.8 Å². The van der Waals surface area contributed by atoms with Crippen molar-refractivity contribution in [3.63, 3.8) is 0 Å². The molecule has 0 spiro atoms. The molecule has 3 rings (SSSR count). The fraction of sp³-hybridized carbons (Fsp3) is 0.350. The van der Waals surface area contributed by atoms with Gasteiger partial charge in [-0.25, -0.2) is 4.39 Å². The Balaban J connectivity index is 1.46. The molecule has 144 valence electrons. The van der Waals surface area contributed by atoms with Crippen molar-refractivity contribution in [1.82, 2.24) is 10.6 Å². The number of hydrogen-bond donors (Lipinski definition) is 2. The highest BCUT2D eigenvalue weighted by Gasteiger charge is 2.13. The molecule has 1 heterocycles. The highest BCUT2D eigenvalue weighted by atomic mass is 19.1. The minimum Gasteiger partial charge on any atom is -0.491 e. The third-order valence-electron chi connectivity index (χ3n) is 4.12. The number of aliphatic imine (C=N–C) groups is 1. The van der Waals surface area contributed by atoms with E-state index in [1.807, 2.05) is 31.2 Å². The van der Waals surface area contributed by atoms with Crippen LogP contribution in [0.2, 0.25) is 0 Å². The number of ether oxygens (including phenoxy) is 3. The first-order valence-corrected chi connectivity index (χ1v) is 8.94. The Morgan fingerprint density at radius 2 is 1.93 bits per heavy atom. The molecular formula is C20H24FN3O3. The van der Waals surface area contributed by atoms with Crippen LogP contribution in [0.4, 0.5) is 4.39 Å². The van der Waals surface area contributed by atoms with E-state index in [0.29, 0.717) is 25.7 Å². The van der Waals surface area contributed by atoms with Gasteiger partial charge in [0.1, 0.15) is 0 Å². The maximum atomic E-state index is 13.9. The number of nitrogens with zero attached hydrogens (tertiary/aromatic N) is 1. The molecule has 0 bridgehead atoms. The van der Waals surface area contributed by atoms with E-state index in [0.717, 1.165) is 29.0 Å². The molecule has 0 amide bonds. The van der Waals surface area contributed by atoms with Crippen LogP contribution in [0, 0.1) is 5.82 Å². The van der Waals surface area contributed by atoms with Crippen LogP contribution in [-0.4, -0.2) is 33.0 Å². The molecule has 0 saturated carbocycles. The Labute approximate surface area is 158 Å². The molecule has 0 aliphatic carbocycles. The predicted octanol–water partition coefficient (Wildman–Crippen LogP) is 2.86. The molecule has 0 fully saturated rings. The molecule has 0 unspecified atom stereocenters. The van der Waals surface area contributed by atoms with Crippen LogP contribution in [0.1, 0.15) is 18.1 Å². The fourth-order valence-corrected chi connectivity index (χ4v) is 2.75. The Morgan fingerprint density at radius 3 is 2.70 bits per heavy atom. The lowest BCUT2D eigenvalue weighted by atomic mass is 10.1. The molecule has 7 heteroatoms. The lowest BCUT2D eigenvalue weighted by Crippen LogP contribution is -2.37. The van der Waals surface area contributed by atoms with Gasteiger partial charge in [-0.3, -0.25) is 4.99 Å². The third kappa shape index (κ3) is 5.03. The number of guanidine groups is 1. The number of fused-ring (bicyclic) bond motifs is 1. The summed E-state index contributed by atoms with van der Waals surface area (Å²) < 4.78 is 29.8. The van der Waals surface area contributed by atoms with Gasteiger partial charge in [0.15, 0.2) is 29.0 Å². The minimum absolute atomic E-state index is 0.271. The first-order valence-electron chi connectivity index (χ1n) is 8.94. The molecule has 1 aliphatic heterocycles. The van der Waals surface area contributed by atoms with E-state index >= 15 is 0 Å². The Morgan fingerprint density at radius 1 is 1.11 bits per heavy atom. The normalized spacial score (nSPS) is 12.8. The molecule has 2 aromatic carbocycles. The molecule has 0 saturated heterocycles. The van der Waals surface area contributed by atoms with Crippen LogP contribution >= 0.6 is 0 Å². The molecule has 0 aromatic heterocycles. The van der Waals surface area contributed by atoms with Gasteiger partial charge in [0.25, 0.3) is 0 Å². The van der Waals surface area contributed by atoms with E-state index < -0.39 is 0 Å². The van der Waals surface area contributed by atoms with Crippen LogP contribution < -0.4 is 24.8 Å². The molecule has 6 nitrogen and oxygen atoms in total. The van der Waals surface area contributed by atoms with Crippen molar-refractivity contribution in [1.29, 1.82) is 0 Å². The minimum atomic E-state index is -0.359. The Hall–Kier alpha value is -2.96. The second-order valence-electron chi connectivity index (χ2n) is 5.99.